The second-order valence-corrected chi connectivity index (χ2v) is 8.36. The zero-order valence-electron chi connectivity index (χ0n) is 12.6. The van der Waals surface area contributed by atoms with Gasteiger partial charge in [-0.05, 0) is 43.5 Å². The SMILES string of the molecule is O=S(=O)(NCC[C@]1(c2ccc(Cl)c(Cl)c2)CCCNC1)C(F)(F)F. The summed E-state index contributed by atoms with van der Waals surface area (Å²) in [6.07, 6.45) is 1.76. The Labute approximate surface area is 148 Å². The van der Waals surface area contributed by atoms with Gasteiger partial charge in [-0.3, -0.25) is 0 Å². The Hall–Kier alpha value is -0.540. The highest BCUT2D eigenvalue weighted by molar-refractivity contribution is 7.90. The Balaban J connectivity index is 2.18. The lowest BCUT2D eigenvalue weighted by Gasteiger charge is -2.38. The molecule has 0 saturated carbocycles. The van der Waals surface area contributed by atoms with Crippen molar-refractivity contribution in [2.45, 2.75) is 30.2 Å². The van der Waals surface area contributed by atoms with E-state index in [-0.39, 0.29) is 13.0 Å². The van der Waals surface area contributed by atoms with Crippen molar-refractivity contribution in [2.24, 2.45) is 0 Å². The Morgan fingerprint density at radius 2 is 1.96 bits per heavy atom. The topological polar surface area (TPSA) is 58.2 Å². The van der Waals surface area contributed by atoms with Crippen molar-refractivity contribution in [3.8, 4) is 0 Å². The van der Waals surface area contributed by atoms with Crippen molar-refractivity contribution in [3.63, 3.8) is 0 Å². The normalized spacial score (nSPS) is 22.5. The van der Waals surface area contributed by atoms with E-state index in [0.717, 1.165) is 18.5 Å². The van der Waals surface area contributed by atoms with E-state index in [1.54, 1.807) is 22.9 Å². The molecule has 1 heterocycles. The maximum atomic E-state index is 12.4. The first-order valence-corrected chi connectivity index (χ1v) is 9.53. The monoisotopic (exact) mass is 404 g/mol. The van der Waals surface area contributed by atoms with Gasteiger partial charge in [0, 0.05) is 18.5 Å². The van der Waals surface area contributed by atoms with Gasteiger partial charge in [0.25, 0.3) is 0 Å². The summed E-state index contributed by atoms with van der Waals surface area (Å²) in [5.41, 5.74) is -4.98. The quantitative estimate of drug-likeness (QED) is 0.789. The van der Waals surface area contributed by atoms with Gasteiger partial charge in [-0.25, -0.2) is 13.1 Å². The molecule has 1 aliphatic rings. The van der Waals surface area contributed by atoms with E-state index >= 15 is 0 Å². The van der Waals surface area contributed by atoms with Crippen LogP contribution in [-0.2, 0) is 15.4 Å². The number of piperidine rings is 1. The summed E-state index contributed by atoms with van der Waals surface area (Å²) < 4.78 is 61.2. The number of hydrogen-bond acceptors (Lipinski definition) is 3. The van der Waals surface area contributed by atoms with Crippen molar-refractivity contribution in [1.82, 2.24) is 10.0 Å². The molecule has 10 heteroatoms. The van der Waals surface area contributed by atoms with Gasteiger partial charge in [-0.2, -0.15) is 13.2 Å². The van der Waals surface area contributed by atoms with Gasteiger partial charge in [-0.1, -0.05) is 29.3 Å². The molecule has 1 fully saturated rings. The molecule has 0 bridgehead atoms. The smallest absolute Gasteiger partial charge is 0.316 e. The van der Waals surface area contributed by atoms with Crippen molar-refractivity contribution in [1.29, 1.82) is 0 Å². The van der Waals surface area contributed by atoms with Crippen LogP contribution >= 0.6 is 23.2 Å². The maximum Gasteiger partial charge on any atom is 0.511 e. The number of hydrogen-bond donors (Lipinski definition) is 2. The molecule has 1 aliphatic heterocycles. The highest BCUT2D eigenvalue weighted by atomic mass is 35.5. The summed E-state index contributed by atoms with van der Waals surface area (Å²) in [6.45, 7) is 1.01. The third-order valence-corrected chi connectivity index (χ3v) is 6.14. The van der Waals surface area contributed by atoms with Crippen molar-refractivity contribution < 1.29 is 21.6 Å². The van der Waals surface area contributed by atoms with Crippen molar-refractivity contribution >= 4 is 33.2 Å². The van der Waals surface area contributed by atoms with Crippen LogP contribution in [0.15, 0.2) is 18.2 Å². The van der Waals surface area contributed by atoms with Crippen LogP contribution in [0.25, 0.3) is 0 Å². The maximum absolute atomic E-state index is 12.4. The highest BCUT2D eigenvalue weighted by Crippen LogP contribution is 2.37. The minimum absolute atomic E-state index is 0.216. The second-order valence-electron chi connectivity index (χ2n) is 5.78. The first-order chi connectivity index (χ1) is 11.1. The minimum atomic E-state index is -5.34. The predicted octanol–water partition coefficient (Wildman–Crippen LogP) is 3.44. The first kappa shape index (κ1) is 19.8. The van der Waals surface area contributed by atoms with Gasteiger partial charge < -0.3 is 5.32 Å². The third-order valence-electron chi connectivity index (χ3n) is 4.20. The largest absolute Gasteiger partial charge is 0.511 e. The summed E-state index contributed by atoms with van der Waals surface area (Å²) in [5.74, 6) is 0. The van der Waals surface area contributed by atoms with E-state index in [1.807, 2.05) is 0 Å². The number of alkyl halides is 3. The minimum Gasteiger partial charge on any atom is -0.316 e. The van der Waals surface area contributed by atoms with E-state index in [0.29, 0.717) is 23.0 Å². The summed E-state index contributed by atoms with van der Waals surface area (Å²) in [6, 6.07) is 5.10. The number of benzene rings is 1. The second kappa shape index (κ2) is 7.37. The van der Waals surface area contributed by atoms with Gasteiger partial charge >= 0.3 is 15.5 Å². The van der Waals surface area contributed by atoms with E-state index < -0.39 is 20.9 Å². The summed E-state index contributed by atoms with van der Waals surface area (Å²) in [7, 11) is -5.34. The number of rotatable bonds is 5. The summed E-state index contributed by atoms with van der Waals surface area (Å²) in [4.78, 5) is 0. The Morgan fingerprint density at radius 1 is 1.25 bits per heavy atom. The molecule has 1 aromatic carbocycles. The third kappa shape index (κ3) is 4.35. The molecule has 0 radical (unpaired) electrons. The molecular weight excluding hydrogens is 388 g/mol. The standard InChI is InChI=1S/C14H17Cl2F3N2O2S/c15-11-3-2-10(8-12(11)16)13(4-1-6-20-9-13)5-7-21-24(22,23)14(17,18)19/h2-3,8,20-21H,1,4-7,9H2/t13-/m1/s1. The van der Waals surface area contributed by atoms with E-state index in [9.17, 15) is 21.6 Å². The molecule has 0 aliphatic carbocycles. The van der Waals surface area contributed by atoms with Gasteiger partial charge in [0.15, 0.2) is 0 Å². The molecule has 24 heavy (non-hydrogen) atoms. The Kier molecular flexibility index (Phi) is 6.08. The van der Waals surface area contributed by atoms with Crippen LogP contribution < -0.4 is 10.0 Å². The fraction of sp³-hybridized carbons (Fsp3) is 0.571. The van der Waals surface area contributed by atoms with Crippen LogP contribution in [-0.4, -0.2) is 33.6 Å². The molecule has 4 nitrogen and oxygen atoms in total. The molecule has 1 atom stereocenters. The number of sulfonamides is 1. The van der Waals surface area contributed by atoms with Crippen LogP contribution in [0.2, 0.25) is 10.0 Å². The van der Waals surface area contributed by atoms with Crippen molar-refractivity contribution in [2.75, 3.05) is 19.6 Å². The van der Waals surface area contributed by atoms with E-state index in [4.69, 9.17) is 23.2 Å². The summed E-state index contributed by atoms with van der Waals surface area (Å²) >= 11 is 12.0. The van der Waals surface area contributed by atoms with E-state index in [2.05, 4.69) is 5.32 Å². The van der Waals surface area contributed by atoms with Gasteiger partial charge in [0.1, 0.15) is 0 Å². The average molecular weight is 405 g/mol. The fourth-order valence-electron chi connectivity index (χ4n) is 2.90. The zero-order valence-corrected chi connectivity index (χ0v) is 14.9. The lowest BCUT2D eigenvalue weighted by Crippen LogP contribution is -2.46. The number of halogens is 5. The van der Waals surface area contributed by atoms with E-state index in [1.165, 1.54) is 0 Å². The predicted molar refractivity (Wildman–Crippen MR) is 87.8 cm³/mol. The van der Waals surface area contributed by atoms with Crippen LogP contribution in [0, 0.1) is 0 Å². The van der Waals surface area contributed by atoms with Crippen molar-refractivity contribution in [3.05, 3.63) is 33.8 Å². The van der Waals surface area contributed by atoms with Gasteiger partial charge in [-0.15, -0.1) is 0 Å². The Bertz CT molecular complexity index is 690. The molecule has 0 aromatic heterocycles. The van der Waals surface area contributed by atoms with Gasteiger partial charge in [0.2, 0.25) is 0 Å². The zero-order chi connectivity index (χ0) is 18.0. The lowest BCUT2D eigenvalue weighted by molar-refractivity contribution is -0.0448. The van der Waals surface area contributed by atoms with Crippen LogP contribution in [0.5, 0.6) is 0 Å². The molecule has 2 N–H and O–H groups in total. The molecule has 1 saturated heterocycles. The van der Waals surface area contributed by atoms with Crippen LogP contribution in [0.4, 0.5) is 13.2 Å². The summed E-state index contributed by atoms with van der Waals surface area (Å²) in [5, 5.41) is 3.95. The molecular formula is C14H17Cl2F3N2O2S. The molecule has 1 aromatic rings. The lowest BCUT2D eigenvalue weighted by atomic mass is 9.72. The van der Waals surface area contributed by atoms with Crippen LogP contribution in [0.3, 0.4) is 0 Å². The number of nitrogens with one attached hydrogen (secondary N) is 2. The van der Waals surface area contributed by atoms with Gasteiger partial charge in [0.05, 0.1) is 10.0 Å². The first-order valence-electron chi connectivity index (χ1n) is 7.30. The molecule has 0 spiro atoms. The highest BCUT2D eigenvalue weighted by Gasteiger charge is 2.46. The molecule has 0 amide bonds. The fourth-order valence-corrected chi connectivity index (χ4v) is 3.74. The molecule has 2 rings (SSSR count). The Morgan fingerprint density at radius 3 is 2.50 bits per heavy atom. The van der Waals surface area contributed by atoms with Crippen LogP contribution in [0.1, 0.15) is 24.8 Å². The molecule has 136 valence electrons. The average Bonchev–Trinajstić information content (AvgIpc) is 2.49. The molecule has 0 unspecified atom stereocenters.